The molecule has 0 bridgehead atoms. The van der Waals surface area contributed by atoms with Crippen LogP contribution in [-0.4, -0.2) is 49.9 Å². The van der Waals surface area contributed by atoms with E-state index in [4.69, 9.17) is 0 Å². The first-order valence-electron chi connectivity index (χ1n) is 9.42. The predicted molar refractivity (Wildman–Crippen MR) is 110 cm³/mol. The van der Waals surface area contributed by atoms with E-state index in [-0.39, 0.29) is 5.91 Å². The molecule has 0 N–H and O–H groups in total. The molecule has 1 aliphatic rings. The molecule has 3 aromatic rings. The molecule has 0 radical (unpaired) electrons. The second-order valence-electron chi connectivity index (χ2n) is 7.18. The highest BCUT2D eigenvalue weighted by molar-refractivity contribution is 7.99. The molecule has 2 aromatic heterocycles. The summed E-state index contributed by atoms with van der Waals surface area (Å²) in [5, 5.41) is 9.51. The third-order valence-electron chi connectivity index (χ3n) is 4.89. The quantitative estimate of drug-likeness (QED) is 0.574. The number of aryl methyl sites for hydroxylation is 1. The van der Waals surface area contributed by atoms with Gasteiger partial charge < -0.3 is 4.90 Å². The Hall–Kier alpha value is -2.67. The second kappa shape index (κ2) is 8.14. The first kappa shape index (κ1) is 18.7. The highest BCUT2D eigenvalue weighted by Crippen LogP contribution is 2.31. The van der Waals surface area contributed by atoms with Gasteiger partial charge in [0.1, 0.15) is 0 Å². The summed E-state index contributed by atoms with van der Waals surface area (Å²) in [5.74, 6) is 1.88. The molecule has 1 aromatic carbocycles. The molecule has 2 heterocycles. The number of benzene rings is 1. The van der Waals surface area contributed by atoms with E-state index < -0.39 is 0 Å². The van der Waals surface area contributed by atoms with Crippen LogP contribution in [0.15, 0.2) is 53.9 Å². The molecule has 0 saturated heterocycles. The fourth-order valence-corrected chi connectivity index (χ4v) is 3.99. The summed E-state index contributed by atoms with van der Waals surface area (Å²) in [6.45, 7) is 2.91. The van der Waals surface area contributed by atoms with Gasteiger partial charge in [-0.2, -0.15) is 0 Å². The Balaban J connectivity index is 1.63. The largest absolute Gasteiger partial charge is 0.345 e. The Bertz CT molecular complexity index is 968. The van der Waals surface area contributed by atoms with Crippen LogP contribution in [-0.2, 0) is 4.79 Å². The molecule has 28 heavy (non-hydrogen) atoms. The lowest BCUT2D eigenvalue weighted by Crippen LogP contribution is -2.30. The molecule has 1 aliphatic carbocycles. The maximum Gasteiger partial charge on any atom is 0.232 e. The maximum absolute atomic E-state index is 12.5. The zero-order chi connectivity index (χ0) is 19.5. The molecular weight excluding hydrogens is 370 g/mol. The molecule has 0 atom stereocenters. The summed E-state index contributed by atoms with van der Waals surface area (Å²) in [6.07, 6.45) is 5.99. The van der Waals surface area contributed by atoms with Crippen LogP contribution in [0.25, 0.3) is 17.1 Å². The minimum atomic E-state index is 0.124. The van der Waals surface area contributed by atoms with Gasteiger partial charge in [0.2, 0.25) is 5.91 Å². The zero-order valence-electron chi connectivity index (χ0n) is 16.1. The molecule has 4 rings (SSSR count). The van der Waals surface area contributed by atoms with E-state index >= 15 is 0 Å². The molecule has 1 amide bonds. The van der Waals surface area contributed by atoms with E-state index in [2.05, 4.69) is 28.2 Å². The third-order valence-corrected chi connectivity index (χ3v) is 5.80. The number of thioether (sulfide) groups is 1. The van der Waals surface area contributed by atoms with Crippen molar-refractivity contribution < 1.29 is 4.79 Å². The van der Waals surface area contributed by atoms with Gasteiger partial charge in [0, 0.05) is 31.5 Å². The summed E-state index contributed by atoms with van der Waals surface area (Å²) in [7, 11) is 1.88. The van der Waals surface area contributed by atoms with Crippen LogP contribution in [0.3, 0.4) is 0 Å². The van der Waals surface area contributed by atoms with Crippen molar-refractivity contribution in [2.24, 2.45) is 5.92 Å². The molecular formula is C21H23N5OS. The lowest BCUT2D eigenvalue weighted by Gasteiger charge is -2.17. The second-order valence-corrected chi connectivity index (χ2v) is 8.12. The summed E-state index contributed by atoms with van der Waals surface area (Å²) in [6, 6.07) is 12.0. The molecule has 0 aliphatic heterocycles. The Morgan fingerprint density at radius 1 is 1.21 bits per heavy atom. The molecule has 0 unspecified atom stereocenters. The monoisotopic (exact) mass is 393 g/mol. The van der Waals surface area contributed by atoms with Crippen molar-refractivity contribution in [1.82, 2.24) is 24.6 Å². The van der Waals surface area contributed by atoms with E-state index in [1.165, 1.54) is 24.6 Å². The number of carbonyl (C=O) groups is 1. The molecule has 7 heteroatoms. The number of nitrogens with zero attached hydrogens (tertiary/aromatic N) is 5. The topological polar surface area (TPSA) is 63.9 Å². The van der Waals surface area contributed by atoms with Gasteiger partial charge in [-0.15, -0.1) is 10.2 Å². The minimum absolute atomic E-state index is 0.124. The first-order valence-corrected chi connectivity index (χ1v) is 10.4. The van der Waals surface area contributed by atoms with Crippen molar-refractivity contribution in [1.29, 1.82) is 0 Å². The third kappa shape index (κ3) is 4.09. The van der Waals surface area contributed by atoms with E-state index in [0.29, 0.717) is 16.8 Å². The van der Waals surface area contributed by atoms with E-state index in [9.17, 15) is 4.79 Å². The van der Waals surface area contributed by atoms with Crippen molar-refractivity contribution in [3.63, 3.8) is 0 Å². The van der Waals surface area contributed by atoms with Crippen LogP contribution in [0.5, 0.6) is 0 Å². The van der Waals surface area contributed by atoms with E-state index in [1.54, 1.807) is 12.4 Å². The van der Waals surface area contributed by atoms with Crippen molar-refractivity contribution in [3.8, 4) is 17.1 Å². The molecule has 144 valence electrons. The van der Waals surface area contributed by atoms with Gasteiger partial charge in [-0.25, -0.2) is 0 Å². The number of rotatable bonds is 7. The molecule has 6 nitrogen and oxygen atoms in total. The van der Waals surface area contributed by atoms with Gasteiger partial charge in [0.25, 0.3) is 0 Å². The maximum atomic E-state index is 12.5. The zero-order valence-corrected chi connectivity index (χ0v) is 16.9. The fraction of sp³-hybridized carbons (Fsp3) is 0.333. The van der Waals surface area contributed by atoms with Gasteiger partial charge in [-0.05, 0) is 49.4 Å². The number of pyridine rings is 1. The summed E-state index contributed by atoms with van der Waals surface area (Å²) in [5.41, 5.74) is 3.02. The van der Waals surface area contributed by atoms with Crippen molar-refractivity contribution in [2.75, 3.05) is 19.3 Å². The molecule has 1 saturated carbocycles. The Morgan fingerprint density at radius 3 is 2.75 bits per heavy atom. The molecule has 0 spiro atoms. The fourth-order valence-electron chi connectivity index (χ4n) is 3.10. The van der Waals surface area contributed by atoms with Gasteiger partial charge >= 0.3 is 0 Å². The number of aromatic nitrogens is 4. The van der Waals surface area contributed by atoms with Gasteiger partial charge in [-0.1, -0.05) is 30.0 Å². The number of hydrogen-bond acceptors (Lipinski definition) is 5. The Labute approximate surface area is 169 Å². The first-order chi connectivity index (χ1) is 13.6. The summed E-state index contributed by atoms with van der Waals surface area (Å²) >= 11 is 1.43. The minimum Gasteiger partial charge on any atom is -0.345 e. The van der Waals surface area contributed by atoms with Crippen molar-refractivity contribution in [2.45, 2.75) is 24.9 Å². The highest BCUT2D eigenvalue weighted by Gasteiger charge is 2.25. The number of hydrogen-bond donors (Lipinski definition) is 0. The normalized spacial score (nSPS) is 13.5. The SMILES string of the molecule is Cc1ccccc1-n1c(SCC(=O)N(C)CC2CC2)nnc1-c1cccnc1. The average Bonchev–Trinajstić information content (AvgIpc) is 3.43. The Kier molecular flexibility index (Phi) is 5.43. The van der Waals surface area contributed by atoms with Gasteiger partial charge in [0.05, 0.1) is 11.4 Å². The van der Waals surface area contributed by atoms with Gasteiger partial charge in [-0.3, -0.25) is 14.3 Å². The van der Waals surface area contributed by atoms with Crippen LogP contribution in [0.4, 0.5) is 0 Å². The summed E-state index contributed by atoms with van der Waals surface area (Å²) in [4.78, 5) is 18.6. The van der Waals surface area contributed by atoms with Crippen LogP contribution in [0.2, 0.25) is 0 Å². The van der Waals surface area contributed by atoms with Crippen LogP contribution >= 0.6 is 11.8 Å². The highest BCUT2D eigenvalue weighted by atomic mass is 32.2. The standard InChI is InChI=1S/C21H23N5OS/c1-15-6-3-4-8-18(15)26-20(17-7-5-11-22-12-17)23-24-21(26)28-14-19(27)25(2)13-16-9-10-16/h3-8,11-12,16H,9-10,13-14H2,1-2H3. The van der Waals surface area contributed by atoms with Gasteiger partial charge in [0.15, 0.2) is 11.0 Å². The Morgan fingerprint density at radius 2 is 2.04 bits per heavy atom. The lowest BCUT2D eigenvalue weighted by atomic mass is 10.2. The summed E-state index contributed by atoms with van der Waals surface area (Å²) < 4.78 is 2.02. The number of carbonyl (C=O) groups excluding carboxylic acids is 1. The lowest BCUT2D eigenvalue weighted by molar-refractivity contribution is -0.127. The van der Waals surface area contributed by atoms with E-state index in [0.717, 1.165) is 29.2 Å². The predicted octanol–water partition coefficient (Wildman–Crippen LogP) is 3.60. The van der Waals surface area contributed by atoms with Crippen LogP contribution < -0.4 is 0 Å². The number of para-hydroxylation sites is 1. The smallest absolute Gasteiger partial charge is 0.232 e. The van der Waals surface area contributed by atoms with Crippen LogP contribution in [0, 0.1) is 12.8 Å². The van der Waals surface area contributed by atoms with Crippen molar-refractivity contribution >= 4 is 17.7 Å². The molecule has 1 fully saturated rings. The average molecular weight is 394 g/mol. The van der Waals surface area contributed by atoms with Crippen molar-refractivity contribution in [3.05, 3.63) is 54.4 Å². The number of amides is 1. The van der Waals surface area contributed by atoms with Crippen LogP contribution in [0.1, 0.15) is 18.4 Å². The van der Waals surface area contributed by atoms with E-state index in [1.807, 2.05) is 46.8 Å².